The maximum absolute atomic E-state index is 13.1. The summed E-state index contributed by atoms with van der Waals surface area (Å²) < 4.78 is 28.7. The minimum Gasteiger partial charge on any atom is -0.359 e. The first-order valence-electron chi connectivity index (χ1n) is 10.4. The Labute approximate surface area is 172 Å². The molecule has 2 saturated heterocycles. The third-order valence-corrected chi connectivity index (χ3v) is 7.46. The van der Waals surface area contributed by atoms with E-state index in [1.165, 1.54) is 0 Å². The number of amides is 2. The number of sulfone groups is 1. The van der Waals surface area contributed by atoms with Crippen LogP contribution in [-0.4, -0.2) is 54.4 Å². The third kappa shape index (κ3) is 5.38. The van der Waals surface area contributed by atoms with Crippen molar-refractivity contribution >= 4 is 27.5 Å². The van der Waals surface area contributed by atoms with E-state index in [4.69, 9.17) is 4.52 Å². The molecule has 0 aliphatic carbocycles. The maximum atomic E-state index is 13.1. The van der Waals surface area contributed by atoms with Crippen molar-refractivity contribution in [2.45, 2.75) is 70.8 Å². The number of nitrogens with one attached hydrogen (secondary N) is 1. The quantitative estimate of drug-likeness (QED) is 0.797. The van der Waals surface area contributed by atoms with Gasteiger partial charge in [-0.3, -0.25) is 9.59 Å². The summed E-state index contributed by atoms with van der Waals surface area (Å²) in [5.41, 5.74) is -0.221. The van der Waals surface area contributed by atoms with Gasteiger partial charge in [0.15, 0.2) is 5.82 Å². The van der Waals surface area contributed by atoms with Gasteiger partial charge in [0.25, 0.3) is 0 Å². The number of hydrogen-bond acceptors (Lipinski definition) is 6. The molecule has 1 N–H and O–H groups in total. The van der Waals surface area contributed by atoms with Crippen molar-refractivity contribution in [3.63, 3.8) is 0 Å². The van der Waals surface area contributed by atoms with Crippen LogP contribution in [0.15, 0.2) is 10.6 Å². The molecule has 2 aliphatic rings. The number of rotatable bonds is 3. The lowest BCUT2D eigenvalue weighted by atomic mass is 9.93. The van der Waals surface area contributed by atoms with Crippen LogP contribution < -0.4 is 5.32 Å². The molecule has 2 aliphatic heterocycles. The molecular weight excluding hydrogens is 394 g/mol. The fourth-order valence-electron chi connectivity index (χ4n) is 3.91. The van der Waals surface area contributed by atoms with Crippen LogP contribution in [0.1, 0.15) is 65.1 Å². The van der Waals surface area contributed by atoms with E-state index in [2.05, 4.69) is 10.5 Å². The van der Waals surface area contributed by atoms with Crippen LogP contribution in [0.25, 0.3) is 0 Å². The Bertz CT molecular complexity index is 842. The van der Waals surface area contributed by atoms with Crippen molar-refractivity contribution in [3.05, 3.63) is 11.8 Å². The van der Waals surface area contributed by atoms with Gasteiger partial charge in [-0.25, -0.2) is 8.42 Å². The lowest BCUT2D eigenvalue weighted by Crippen LogP contribution is -2.50. The van der Waals surface area contributed by atoms with Gasteiger partial charge in [0.1, 0.15) is 21.6 Å². The molecule has 0 saturated carbocycles. The molecule has 162 valence electrons. The Balaban J connectivity index is 1.71. The highest BCUT2D eigenvalue weighted by Crippen LogP contribution is 2.27. The standard InChI is InChI=1S/C20H31N3O5S/c1-20(2,3)16-13-17(22-28-16)21-18(24)15-7-5-4-6-10-23(15)19(25)14-8-11-29(26,27)12-9-14/h13-15H,4-12H2,1-3H3,(H,21,22,24)/t15-/m0/s1. The van der Waals surface area contributed by atoms with Crippen molar-refractivity contribution in [1.29, 1.82) is 0 Å². The highest BCUT2D eigenvalue weighted by Gasteiger charge is 2.37. The predicted octanol–water partition coefficient (Wildman–Crippen LogP) is 2.51. The molecule has 0 radical (unpaired) electrons. The SMILES string of the molecule is CC(C)(C)c1cc(NC(=O)[C@@H]2CCCCCN2C(=O)C2CCS(=O)(=O)CC2)no1. The number of aromatic nitrogens is 1. The predicted molar refractivity (Wildman–Crippen MR) is 109 cm³/mol. The Kier molecular flexibility index (Phi) is 6.36. The summed E-state index contributed by atoms with van der Waals surface area (Å²) in [6, 6.07) is 1.14. The smallest absolute Gasteiger partial charge is 0.248 e. The molecule has 0 bridgehead atoms. The monoisotopic (exact) mass is 425 g/mol. The van der Waals surface area contributed by atoms with Crippen LogP contribution in [0, 0.1) is 5.92 Å². The lowest BCUT2D eigenvalue weighted by molar-refractivity contribution is -0.142. The Morgan fingerprint density at radius 3 is 2.45 bits per heavy atom. The molecule has 29 heavy (non-hydrogen) atoms. The van der Waals surface area contributed by atoms with Crippen LogP contribution in [0.2, 0.25) is 0 Å². The van der Waals surface area contributed by atoms with Crippen LogP contribution >= 0.6 is 0 Å². The first-order chi connectivity index (χ1) is 13.6. The highest BCUT2D eigenvalue weighted by molar-refractivity contribution is 7.91. The number of carbonyl (C=O) groups excluding carboxylic acids is 2. The Hall–Kier alpha value is -1.90. The molecule has 0 spiro atoms. The summed E-state index contributed by atoms with van der Waals surface area (Å²) in [7, 11) is -3.04. The summed E-state index contributed by atoms with van der Waals surface area (Å²) in [5, 5.41) is 6.74. The second kappa shape index (κ2) is 8.45. The van der Waals surface area contributed by atoms with E-state index in [-0.39, 0.29) is 34.7 Å². The summed E-state index contributed by atoms with van der Waals surface area (Å²) in [6.45, 7) is 6.51. The molecule has 0 aromatic carbocycles. The second-order valence-corrected chi connectivity index (χ2v) is 11.4. The van der Waals surface area contributed by atoms with Crippen molar-refractivity contribution in [2.24, 2.45) is 5.92 Å². The minimum atomic E-state index is -3.04. The molecule has 1 atom stereocenters. The van der Waals surface area contributed by atoms with E-state index in [9.17, 15) is 18.0 Å². The van der Waals surface area contributed by atoms with E-state index in [0.717, 1.165) is 19.3 Å². The lowest BCUT2D eigenvalue weighted by Gasteiger charge is -2.33. The summed E-state index contributed by atoms with van der Waals surface area (Å²) in [4.78, 5) is 27.8. The van der Waals surface area contributed by atoms with Crippen LogP contribution in [0.4, 0.5) is 5.82 Å². The fourth-order valence-corrected chi connectivity index (χ4v) is 5.40. The molecule has 0 unspecified atom stereocenters. The number of likely N-dealkylation sites (tertiary alicyclic amines) is 1. The van der Waals surface area contributed by atoms with Gasteiger partial charge in [0, 0.05) is 23.9 Å². The zero-order chi connectivity index (χ0) is 21.2. The molecule has 1 aromatic rings. The van der Waals surface area contributed by atoms with E-state index in [1.807, 2.05) is 20.8 Å². The average molecular weight is 426 g/mol. The summed E-state index contributed by atoms with van der Waals surface area (Å²) >= 11 is 0. The van der Waals surface area contributed by atoms with E-state index in [1.54, 1.807) is 11.0 Å². The Morgan fingerprint density at radius 1 is 1.14 bits per heavy atom. The number of anilines is 1. The van der Waals surface area contributed by atoms with E-state index < -0.39 is 15.9 Å². The summed E-state index contributed by atoms with van der Waals surface area (Å²) in [5.74, 6) is 0.414. The Morgan fingerprint density at radius 2 is 1.83 bits per heavy atom. The second-order valence-electron chi connectivity index (χ2n) is 9.14. The third-order valence-electron chi connectivity index (χ3n) is 5.74. The molecule has 1 aromatic heterocycles. The molecular formula is C20H31N3O5S. The average Bonchev–Trinajstić information content (AvgIpc) is 2.97. The zero-order valence-electron chi connectivity index (χ0n) is 17.4. The van der Waals surface area contributed by atoms with Gasteiger partial charge in [-0.05, 0) is 25.7 Å². The molecule has 2 amide bonds. The molecule has 8 nitrogen and oxygen atoms in total. The van der Waals surface area contributed by atoms with Gasteiger partial charge < -0.3 is 14.7 Å². The zero-order valence-corrected chi connectivity index (χ0v) is 18.3. The van der Waals surface area contributed by atoms with Gasteiger partial charge in [-0.2, -0.15) is 0 Å². The van der Waals surface area contributed by atoms with E-state index in [0.29, 0.717) is 37.4 Å². The van der Waals surface area contributed by atoms with Crippen LogP contribution in [0.5, 0.6) is 0 Å². The molecule has 3 heterocycles. The van der Waals surface area contributed by atoms with Gasteiger partial charge in [0.05, 0.1) is 11.5 Å². The van der Waals surface area contributed by atoms with Gasteiger partial charge in [-0.15, -0.1) is 0 Å². The number of nitrogens with zero attached hydrogens (tertiary/aromatic N) is 2. The normalized spacial score (nSPS) is 23.4. The van der Waals surface area contributed by atoms with Crippen molar-refractivity contribution in [2.75, 3.05) is 23.4 Å². The van der Waals surface area contributed by atoms with E-state index >= 15 is 0 Å². The van der Waals surface area contributed by atoms with Crippen molar-refractivity contribution < 1.29 is 22.5 Å². The largest absolute Gasteiger partial charge is 0.359 e. The van der Waals surface area contributed by atoms with Gasteiger partial charge in [0.2, 0.25) is 11.8 Å². The van der Waals surface area contributed by atoms with Crippen LogP contribution in [0.3, 0.4) is 0 Å². The van der Waals surface area contributed by atoms with Gasteiger partial charge in [-0.1, -0.05) is 38.8 Å². The van der Waals surface area contributed by atoms with Gasteiger partial charge >= 0.3 is 0 Å². The molecule has 9 heteroatoms. The summed E-state index contributed by atoms with van der Waals surface area (Å²) in [6.07, 6.45) is 3.94. The van der Waals surface area contributed by atoms with Crippen LogP contribution in [-0.2, 0) is 24.8 Å². The number of carbonyl (C=O) groups is 2. The topological polar surface area (TPSA) is 110 Å². The fraction of sp³-hybridized carbons (Fsp3) is 0.750. The number of hydrogen-bond donors (Lipinski definition) is 1. The first-order valence-corrected chi connectivity index (χ1v) is 12.2. The maximum Gasteiger partial charge on any atom is 0.248 e. The molecule has 2 fully saturated rings. The highest BCUT2D eigenvalue weighted by atomic mass is 32.2. The van der Waals surface area contributed by atoms with Crippen molar-refractivity contribution in [1.82, 2.24) is 10.1 Å². The minimum absolute atomic E-state index is 0.0443. The first kappa shape index (κ1) is 21.8. The molecule has 3 rings (SSSR count). The van der Waals surface area contributed by atoms with Crippen molar-refractivity contribution in [3.8, 4) is 0 Å².